The molecule has 126 valence electrons. The second kappa shape index (κ2) is 7.35. The van der Waals surface area contributed by atoms with Crippen LogP contribution in [0.15, 0.2) is 24.3 Å². The monoisotopic (exact) mass is 357 g/mol. The Morgan fingerprint density at radius 1 is 1.30 bits per heavy atom. The quantitative estimate of drug-likeness (QED) is 0.747. The van der Waals surface area contributed by atoms with Crippen molar-refractivity contribution in [1.82, 2.24) is 4.90 Å². The lowest BCUT2D eigenvalue weighted by molar-refractivity contribution is -0.140. The van der Waals surface area contributed by atoms with Crippen LogP contribution in [-0.4, -0.2) is 62.7 Å². The van der Waals surface area contributed by atoms with E-state index in [1.807, 2.05) is 0 Å². The number of thioether (sulfide) groups is 1. The number of benzene rings is 1. The third-order valence-electron chi connectivity index (χ3n) is 3.45. The maximum Gasteiger partial charge on any atom is 0.320 e. The summed E-state index contributed by atoms with van der Waals surface area (Å²) >= 11 is 1.49. The Kier molecular flexibility index (Phi) is 5.69. The molecule has 2 rings (SSSR count). The highest BCUT2D eigenvalue weighted by Crippen LogP contribution is 2.21. The zero-order valence-corrected chi connectivity index (χ0v) is 14.7. The predicted molar refractivity (Wildman–Crippen MR) is 89.2 cm³/mol. The van der Waals surface area contributed by atoms with E-state index in [0.29, 0.717) is 30.0 Å². The first kappa shape index (κ1) is 17.8. The fourth-order valence-electron chi connectivity index (χ4n) is 2.34. The minimum atomic E-state index is -3.10. The van der Waals surface area contributed by atoms with Gasteiger partial charge in [-0.15, -0.1) is 11.8 Å². The number of hydrogen-bond acceptors (Lipinski definition) is 6. The Morgan fingerprint density at radius 2 is 1.96 bits per heavy atom. The lowest BCUT2D eigenvalue weighted by Gasteiger charge is -2.31. The molecule has 6 nitrogen and oxygen atoms in total. The summed E-state index contributed by atoms with van der Waals surface area (Å²) in [6, 6.07) is 6.53. The average Bonchev–Trinajstić information content (AvgIpc) is 2.53. The predicted octanol–water partition coefficient (Wildman–Crippen LogP) is 0.962. The minimum absolute atomic E-state index is 0.0494. The van der Waals surface area contributed by atoms with Gasteiger partial charge in [0.2, 0.25) is 0 Å². The summed E-state index contributed by atoms with van der Waals surface area (Å²) in [5.41, 5.74) is 1.13. The van der Waals surface area contributed by atoms with Crippen LogP contribution >= 0.6 is 11.8 Å². The highest BCUT2D eigenvalue weighted by molar-refractivity contribution is 8.00. The van der Waals surface area contributed by atoms with Crippen LogP contribution in [0.25, 0.3) is 0 Å². The van der Waals surface area contributed by atoms with Crippen molar-refractivity contribution in [1.29, 1.82) is 0 Å². The highest BCUT2D eigenvalue weighted by Gasteiger charge is 2.30. The molecule has 0 bridgehead atoms. The molecule has 1 aliphatic rings. The molecule has 1 saturated heterocycles. The van der Waals surface area contributed by atoms with Crippen molar-refractivity contribution in [2.75, 3.05) is 32.2 Å². The highest BCUT2D eigenvalue weighted by atomic mass is 32.2. The zero-order valence-electron chi connectivity index (χ0n) is 13.0. The van der Waals surface area contributed by atoms with E-state index in [1.165, 1.54) is 25.1 Å². The molecule has 1 amide bonds. The molecule has 1 heterocycles. The van der Waals surface area contributed by atoms with E-state index in [-0.39, 0.29) is 22.9 Å². The molecule has 0 aromatic heterocycles. The van der Waals surface area contributed by atoms with E-state index in [9.17, 15) is 18.0 Å². The van der Waals surface area contributed by atoms with Crippen molar-refractivity contribution in [3.05, 3.63) is 35.4 Å². The number of rotatable bonds is 4. The van der Waals surface area contributed by atoms with Crippen LogP contribution in [0.5, 0.6) is 0 Å². The van der Waals surface area contributed by atoms with Crippen molar-refractivity contribution in [2.45, 2.75) is 11.0 Å². The van der Waals surface area contributed by atoms with Gasteiger partial charge in [0.05, 0.1) is 12.9 Å². The summed E-state index contributed by atoms with van der Waals surface area (Å²) in [5.74, 6) is 0.144. The fourth-order valence-corrected chi connectivity index (χ4v) is 4.26. The molecular weight excluding hydrogens is 338 g/mol. The lowest BCUT2D eigenvalue weighted by Crippen LogP contribution is -2.44. The average molecular weight is 357 g/mol. The lowest BCUT2D eigenvalue weighted by atomic mass is 10.1. The summed E-state index contributed by atoms with van der Waals surface area (Å²) in [5, 5.41) is -0.359. The number of sulfone groups is 1. The van der Waals surface area contributed by atoms with Crippen LogP contribution < -0.4 is 0 Å². The van der Waals surface area contributed by atoms with Crippen LogP contribution in [0.2, 0.25) is 0 Å². The topological polar surface area (TPSA) is 80.8 Å². The largest absolute Gasteiger partial charge is 0.468 e. The van der Waals surface area contributed by atoms with Gasteiger partial charge in [-0.25, -0.2) is 8.42 Å². The van der Waals surface area contributed by atoms with E-state index < -0.39 is 9.84 Å². The number of carbonyl (C=O) groups is 2. The number of methoxy groups -OCH3 is 1. The number of nitrogens with zero attached hydrogens (tertiary/aromatic N) is 1. The van der Waals surface area contributed by atoms with Gasteiger partial charge in [-0.2, -0.15) is 0 Å². The van der Waals surface area contributed by atoms with Crippen LogP contribution in [0, 0.1) is 0 Å². The molecule has 1 aliphatic heterocycles. The van der Waals surface area contributed by atoms with E-state index in [1.54, 1.807) is 29.2 Å². The molecule has 0 N–H and O–H groups in total. The van der Waals surface area contributed by atoms with Gasteiger partial charge in [-0.05, 0) is 17.7 Å². The second-order valence-electron chi connectivity index (χ2n) is 5.40. The zero-order chi connectivity index (χ0) is 17.0. The first-order valence-corrected chi connectivity index (χ1v) is 10.2. The summed E-state index contributed by atoms with van der Waals surface area (Å²) in [6.45, 7) is 0.892. The third-order valence-corrected chi connectivity index (χ3v) is 5.47. The van der Waals surface area contributed by atoms with E-state index in [4.69, 9.17) is 4.74 Å². The Balaban J connectivity index is 2.06. The molecule has 0 unspecified atom stereocenters. The molecular formula is C15H19NO5S2. The molecule has 0 radical (unpaired) electrons. The first-order chi connectivity index (χ1) is 10.8. The Bertz CT molecular complexity index is 684. The van der Waals surface area contributed by atoms with Gasteiger partial charge in [-0.3, -0.25) is 9.59 Å². The van der Waals surface area contributed by atoms with Crippen LogP contribution in [0.3, 0.4) is 0 Å². The molecule has 1 atom stereocenters. The number of hydrogen-bond donors (Lipinski definition) is 0. The standard InChI is InChI=1S/C15H19NO5S2/c1-21-15(18)13-9-16(7-8-22-13)14(17)12-5-3-11(4-6-12)10-23(2,19)20/h3-6,13H,7-10H2,1-2H3/t13-/m1/s1. The van der Waals surface area contributed by atoms with Crippen molar-refractivity contribution in [3.8, 4) is 0 Å². The first-order valence-electron chi connectivity index (χ1n) is 7.05. The molecule has 23 heavy (non-hydrogen) atoms. The summed E-state index contributed by atoms with van der Waals surface area (Å²) in [7, 11) is -1.76. The minimum Gasteiger partial charge on any atom is -0.468 e. The van der Waals surface area contributed by atoms with Crippen LogP contribution in [0.4, 0.5) is 0 Å². The van der Waals surface area contributed by atoms with Crippen LogP contribution in [0.1, 0.15) is 15.9 Å². The van der Waals surface area contributed by atoms with Gasteiger partial charge >= 0.3 is 5.97 Å². The smallest absolute Gasteiger partial charge is 0.320 e. The SMILES string of the molecule is COC(=O)[C@H]1CN(C(=O)c2ccc(CS(C)(=O)=O)cc2)CCS1. The molecule has 8 heteroatoms. The number of esters is 1. The van der Waals surface area contributed by atoms with Crippen molar-refractivity contribution in [2.24, 2.45) is 0 Å². The van der Waals surface area contributed by atoms with Crippen molar-refractivity contribution < 1.29 is 22.7 Å². The number of carbonyl (C=O) groups excluding carboxylic acids is 2. The van der Waals surface area contributed by atoms with Crippen molar-refractivity contribution >= 4 is 33.5 Å². The van der Waals surface area contributed by atoms with E-state index >= 15 is 0 Å². The van der Waals surface area contributed by atoms with Gasteiger partial charge in [0.1, 0.15) is 5.25 Å². The maximum atomic E-state index is 12.5. The van der Waals surface area contributed by atoms with E-state index in [2.05, 4.69) is 0 Å². The van der Waals surface area contributed by atoms with Crippen molar-refractivity contribution in [3.63, 3.8) is 0 Å². The summed E-state index contributed by atoms with van der Waals surface area (Å²) in [4.78, 5) is 25.7. The fraction of sp³-hybridized carbons (Fsp3) is 0.467. The van der Waals surface area contributed by atoms with Gasteiger partial charge in [0, 0.05) is 30.7 Å². The molecule has 0 spiro atoms. The van der Waals surface area contributed by atoms with Gasteiger partial charge in [0.15, 0.2) is 9.84 Å². The molecule has 0 saturated carbocycles. The molecule has 1 fully saturated rings. The van der Waals surface area contributed by atoms with Gasteiger partial charge < -0.3 is 9.64 Å². The molecule has 1 aromatic carbocycles. The Hall–Kier alpha value is -1.54. The summed E-state index contributed by atoms with van der Waals surface area (Å²) in [6.07, 6.45) is 1.17. The van der Waals surface area contributed by atoms with Gasteiger partial charge in [-0.1, -0.05) is 12.1 Å². The third kappa shape index (κ3) is 4.97. The number of ether oxygens (including phenoxy) is 1. The van der Waals surface area contributed by atoms with Crippen LogP contribution in [-0.2, 0) is 25.1 Å². The molecule has 0 aliphatic carbocycles. The second-order valence-corrected chi connectivity index (χ2v) is 8.85. The Labute approximate surface area is 140 Å². The van der Waals surface area contributed by atoms with Gasteiger partial charge in [0.25, 0.3) is 5.91 Å². The van der Waals surface area contributed by atoms with E-state index in [0.717, 1.165) is 0 Å². The Morgan fingerprint density at radius 3 is 2.52 bits per heavy atom. The molecule has 1 aromatic rings. The normalized spacial score (nSPS) is 18.5. The summed E-state index contributed by atoms with van der Waals surface area (Å²) < 4.78 is 27.3. The number of amides is 1. The maximum absolute atomic E-state index is 12.5.